The van der Waals surface area contributed by atoms with Gasteiger partial charge < -0.3 is 14.9 Å². The van der Waals surface area contributed by atoms with Crippen molar-refractivity contribution in [1.29, 1.82) is 0 Å². The zero-order valence-electron chi connectivity index (χ0n) is 20.9. The van der Waals surface area contributed by atoms with Crippen LogP contribution in [0.3, 0.4) is 0 Å². The van der Waals surface area contributed by atoms with Gasteiger partial charge in [0.2, 0.25) is 0 Å². The van der Waals surface area contributed by atoms with Crippen LogP contribution in [0, 0.1) is 10.1 Å². The molecule has 0 radical (unpaired) electrons. The summed E-state index contributed by atoms with van der Waals surface area (Å²) in [6, 6.07) is 17.4. The van der Waals surface area contributed by atoms with Gasteiger partial charge in [0.1, 0.15) is 5.75 Å². The van der Waals surface area contributed by atoms with Crippen molar-refractivity contribution in [2.24, 2.45) is 0 Å². The van der Waals surface area contributed by atoms with E-state index in [0.717, 1.165) is 24.8 Å². The van der Waals surface area contributed by atoms with Gasteiger partial charge in [-0.3, -0.25) is 14.9 Å². The molecule has 1 amide bonds. The minimum atomic E-state index is -0.628. The highest BCUT2D eigenvalue weighted by Crippen LogP contribution is 2.35. The van der Waals surface area contributed by atoms with E-state index >= 15 is 0 Å². The average Bonchev–Trinajstić information content (AvgIpc) is 2.95. The van der Waals surface area contributed by atoms with Crippen LogP contribution in [0.4, 0.5) is 11.4 Å². The molecule has 0 aliphatic heterocycles. The van der Waals surface area contributed by atoms with Crippen molar-refractivity contribution in [1.82, 2.24) is 5.32 Å². The van der Waals surface area contributed by atoms with E-state index in [0.29, 0.717) is 29.2 Å². The zero-order valence-corrected chi connectivity index (χ0v) is 21.6. The molecule has 9 nitrogen and oxygen atoms in total. The van der Waals surface area contributed by atoms with Crippen LogP contribution in [0.1, 0.15) is 58.4 Å². The number of halogens is 1. The molecular weight excluding hydrogens is 510 g/mol. The predicted octanol–water partition coefficient (Wildman–Crippen LogP) is 6.10. The molecule has 4 rings (SSSR count). The number of benzene rings is 3. The van der Waals surface area contributed by atoms with E-state index in [4.69, 9.17) is 21.2 Å². The first-order chi connectivity index (χ1) is 18.4. The van der Waals surface area contributed by atoms with E-state index in [1.165, 1.54) is 30.4 Å². The van der Waals surface area contributed by atoms with Crippen LogP contribution >= 0.6 is 11.6 Å². The number of rotatable bonds is 9. The molecule has 1 saturated carbocycles. The molecule has 3 aromatic carbocycles. The smallest absolute Gasteiger partial charge is 0.363 e. The lowest BCUT2D eigenvalue weighted by molar-refractivity contribution is -0.384. The number of nitrogens with zero attached hydrogens (tertiary/aromatic N) is 2. The number of nitro groups is 1. The fourth-order valence-electron chi connectivity index (χ4n) is 4.45. The van der Waals surface area contributed by atoms with Crippen molar-refractivity contribution < 1.29 is 24.1 Å². The summed E-state index contributed by atoms with van der Waals surface area (Å²) in [6.07, 6.45) is 4.25. The maximum atomic E-state index is 13.0. The molecule has 0 atom stereocenters. The first kappa shape index (κ1) is 26.9. The molecule has 198 valence electrons. The van der Waals surface area contributed by atoms with Gasteiger partial charge in [-0.1, -0.05) is 55.1 Å². The fourth-order valence-corrected chi connectivity index (χ4v) is 4.73. The van der Waals surface area contributed by atoms with Crippen LogP contribution < -0.4 is 15.1 Å². The Morgan fingerprint density at radius 2 is 1.76 bits per heavy atom. The zero-order chi connectivity index (χ0) is 27.1. The number of carbonyl (C=O) groups is 2. The van der Waals surface area contributed by atoms with Crippen LogP contribution in [-0.2, 0) is 11.4 Å². The van der Waals surface area contributed by atoms with Crippen molar-refractivity contribution in [2.45, 2.75) is 44.7 Å². The highest BCUT2D eigenvalue weighted by atomic mass is 35.5. The molecule has 38 heavy (non-hydrogen) atoms. The number of methoxy groups -OCH3 is 1. The van der Waals surface area contributed by atoms with Crippen LogP contribution in [0.25, 0.3) is 0 Å². The third kappa shape index (κ3) is 6.41. The average molecular weight is 538 g/mol. The van der Waals surface area contributed by atoms with Gasteiger partial charge >= 0.3 is 5.97 Å². The number of carbonyl (C=O) groups excluding carboxylic acids is 2. The Balaban J connectivity index is 1.62. The fraction of sp³-hybridized carbons (Fsp3) is 0.286. The second-order valence-electron chi connectivity index (χ2n) is 8.97. The van der Waals surface area contributed by atoms with E-state index in [9.17, 15) is 19.7 Å². The Labute approximate surface area is 225 Å². The van der Waals surface area contributed by atoms with Gasteiger partial charge in [-0.25, -0.2) is 4.79 Å². The lowest BCUT2D eigenvalue weighted by Crippen LogP contribution is -2.39. The SMILES string of the molecule is COc1ccc(CNC(=O)c2ccc([N+](=O)[O-])c(N(OC(=O)c3ccccc3)C3CCCCC3)c2)cc1Cl. The quantitative estimate of drug-likeness (QED) is 0.259. The van der Waals surface area contributed by atoms with Crippen molar-refractivity contribution in [3.63, 3.8) is 0 Å². The Morgan fingerprint density at radius 3 is 2.42 bits per heavy atom. The van der Waals surface area contributed by atoms with Crippen LogP contribution in [0.5, 0.6) is 5.75 Å². The van der Waals surface area contributed by atoms with Crippen molar-refractivity contribution in [3.05, 3.63) is 98.6 Å². The molecule has 0 unspecified atom stereocenters. The molecule has 1 fully saturated rings. The van der Waals surface area contributed by atoms with Crippen molar-refractivity contribution >= 4 is 34.9 Å². The number of amides is 1. The third-order valence-electron chi connectivity index (χ3n) is 6.44. The normalized spacial score (nSPS) is 13.4. The first-order valence-corrected chi connectivity index (χ1v) is 12.7. The minimum absolute atomic E-state index is 0.0614. The van der Waals surface area contributed by atoms with E-state index in [-0.39, 0.29) is 29.5 Å². The number of anilines is 1. The topological polar surface area (TPSA) is 111 Å². The Bertz CT molecular complexity index is 1310. The molecule has 1 N–H and O–H groups in total. The molecule has 1 aliphatic rings. The highest BCUT2D eigenvalue weighted by molar-refractivity contribution is 6.32. The van der Waals surface area contributed by atoms with Gasteiger partial charge in [-0.2, -0.15) is 5.06 Å². The Kier molecular flexibility index (Phi) is 8.81. The summed E-state index contributed by atoms with van der Waals surface area (Å²) < 4.78 is 5.15. The monoisotopic (exact) mass is 537 g/mol. The molecule has 0 spiro atoms. The van der Waals surface area contributed by atoms with Crippen molar-refractivity contribution in [2.75, 3.05) is 12.2 Å². The minimum Gasteiger partial charge on any atom is -0.495 e. The summed E-state index contributed by atoms with van der Waals surface area (Å²) in [6.45, 7) is 0.185. The molecule has 10 heteroatoms. The summed E-state index contributed by atoms with van der Waals surface area (Å²) in [5.74, 6) is -0.544. The molecule has 0 heterocycles. The lowest BCUT2D eigenvalue weighted by atomic mass is 9.94. The molecule has 0 aromatic heterocycles. The number of hydrogen-bond donors (Lipinski definition) is 1. The van der Waals surface area contributed by atoms with Crippen LogP contribution in [-0.4, -0.2) is 30.0 Å². The van der Waals surface area contributed by atoms with Gasteiger partial charge in [0.05, 0.1) is 28.7 Å². The van der Waals surface area contributed by atoms with E-state index < -0.39 is 16.8 Å². The van der Waals surface area contributed by atoms with Crippen LogP contribution in [0.15, 0.2) is 66.7 Å². The maximum Gasteiger partial charge on any atom is 0.363 e. The second kappa shape index (κ2) is 12.4. The first-order valence-electron chi connectivity index (χ1n) is 12.3. The van der Waals surface area contributed by atoms with Crippen LogP contribution in [0.2, 0.25) is 5.02 Å². The van der Waals surface area contributed by atoms with E-state index in [1.807, 2.05) is 0 Å². The summed E-state index contributed by atoms with van der Waals surface area (Å²) in [5.41, 5.74) is 1.08. The van der Waals surface area contributed by atoms with Gasteiger partial charge in [0, 0.05) is 18.2 Å². The van der Waals surface area contributed by atoms with Gasteiger partial charge in [0.25, 0.3) is 11.6 Å². The number of nitro benzene ring substituents is 1. The molecule has 1 aliphatic carbocycles. The molecule has 3 aromatic rings. The summed E-state index contributed by atoms with van der Waals surface area (Å²) in [4.78, 5) is 43.2. The lowest BCUT2D eigenvalue weighted by Gasteiger charge is -2.33. The highest BCUT2D eigenvalue weighted by Gasteiger charge is 2.31. The van der Waals surface area contributed by atoms with E-state index in [2.05, 4.69) is 5.32 Å². The van der Waals surface area contributed by atoms with Gasteiger partial charge in [-0.05, 0) is 54.8 Å². The molecular formula is C28H28ClN3O6. The Morgan fingerprint density at radius 1 is 1.03 bits per heavy atom. The molecule has 0 saturated heterocycles. The summed E-state index contributed by atoms with van der Waals surface area (Å²) in [7, 11) is 1.52. The summed E-state index contributed by atoms with van der Waals surface area (Å²) in [5, 5.41) is 16.5. The number of hydroxylamine groups is 1. The van der Waals surface area contributed by atoms with Gasteiger partial charge in [-0.15, -0.1) is 0 Å². The third-order valence-corrected chi connectivity index (χ3v) is 6.73. The standard InChI is InChI=1S/C28H28ClN3O6/c1-37-26-15-12-19(16-23(26)29)18-30-27(33)21-13-14-24(32(35)36)25(17-21)31(22-10-6-3-7-11-22)38-28(34)20-8-4-2-5-9-20/h2,4-5,8-9,12-17,22H,3,6-7,10-11,18H2,1H3,(H,30,33). The number of hydrogen-bond acceptors (Lipinski definition) is 7. The number of ether oxygens (including phenoxy) is 1. The van der Waals surface area contributed by atoms with E-state index in [1.54, 1.807) is 48.5 Å². The van der Waals surface area contributed by atoms with Gasteiger partial charge in [0.15, 0.2) is 5.69 Å². The maximum absolute atomic E-state index is 13.0. The summed E-state index contributed by atoms with van der Waals surface area (Å²) >= 11 is 6.18. The largest absolute Gasteiger partial charge is 0.495 e. The van der Waals surface area contributed by atoms with Crippen molar-refractivity contribution in [3.8, 4) is 5.75 Å². The predicted molar refractivity (Wildman–Crippen MR) is 143 cm³/mol. The molecule has 0 bridgehead atoms. The Hall–Kier alpha value is -4.11. The number of nitrogens with one attached hydrogen (secondary N) is 1. The second-order valence-corrected chi connectivity index (χ2v) is 9.38.